The summed E-state index contributed by atoms with van der Waals surface area (Å²) in [6, 6.07) is 6.14. The summed E-state index contributed by atoms with van der Waals surface area (Å²) in [5.74, 6) is -0.599. The zero-order valence-corrected chi connectivity index (χ0v) is 12.3. The lowest BCUT2D eigenvalue weighted by Gasteiger charge is -2.14. The number of hydrogen-bond donors (Lipinski definition) is 1. The first kappa shape index (κ1) is 15.1. The Hall–Kier alpha value is -2.30. The largest absolute Gasteiger partial charge is 0.495 e. The number of aromatic carboxylic acids is 1. The van der Waals surface area contributed by atoms with Crippen LogP contribution in [0, 0.1) is 0 Å². The third-order valence-electron chi connectivity index (χ3n) is 3.50. The summed E-state index contributed by atoms with van der Waals surface area (Å²) in [6.45, 7) is 2.71. The maximum atomic E-state index is 12.1. The molecule has 0 amide bonds. The lowest BCUT2D eigenvalue weighted by Crippen LogP contribution is -2.20. The number of aromatic nitrogens is 1. The second-order valence-electron chi connectivity index (χ2n) is 4.95. The van der Waals surface area contributed by atoms with E-state index in [0.717, 1.165) is 19.3 Å². The molecule has 5 heteroatoms. The summed E-state index contributed by atoms with van der Waals surface area (Å²) in [5.41, 5.74) is 0.712. The van der Waals surface area contributed by atoms with E-state index in [2.05, 4.69) is 6.92 Å². The quantitative estimate of drug-likeness (QED) is 0.830. The maximum Gasteiger partial charge on any atom is 0.335 e. The zero-order valence-electron chi connectivity index (χ0n) is 12.3. The molecule has 0 unspecified atom stereocenters. The van der Waals surface area contributed by atoms with Crippen LogP contribution in [-0.2, 0) is 6.54 Å². The number of nitrogens with zero attached hydrogens (tertiary/aromatic N) is 1. The van der Waals surface area contributed by atoms with E-state index in [4.69, 9.17) is 9.84 Å². The van der Waals surface area contributed by atoms with Gasteiger partial charge in [-0.05, 0) is 24.6 Å². The fourth-order valence-electron chi connectivity index (χ4n) is 2.43. The van der Waals surface area contributed by atoms with Gasteiger partial charge in [-0.3, -0.25) is 4.79 Å². The van der Waals surface area contributed by atoms with E-state index in [9.17, 15) is 9.59 Å². The molecule has 0 spiro atoms. The van der Waals surface area contributed by atoms with Crippen LogP contribution in [0.15, 0.2) is 29.1 Å². The highest BCUT2D eigenvalue weighted by Crippen LogP contribution is 2.27. The molecule has 0 aliphatic rings. The van der Waals surface area contributed by atoms with E-state index in [1.54, 1.807) is 16.7 Å². The van der Waals surface area contributed by atoms with Gasteiger partial charge in [-0.25, -0.2) is 4.79 Å². The van der Waals surface area contributed by atoms with Gasteiger partial charge >= 0.3 is 5.97 Å². The first-order valence-corrected chi connectivity index (χ1v) is 7.03. The standard InChI is InChI=1S/C16H19NO4/c1-3-4-5-8-17-14(18)7-6-11-9-12(16(19)20)10-13(21-2)15(11)17/h6-7,9-10H,3-5,8H2,1-2H3,(H,19,20). The minimum Gasteiger partial charge on any atom is -0.495 e. The first-order valence-electron chi connectivity index (χ1n) is 7.03. The number of fused-ring (bicyclic) bond motifs is 1. The molecule has 0 aliphatic heterocycles. The van der Waals surface area contributed by atoms with Crippen LogP contribution in [-0.4, -0.2) is 22.8 Å². The minimum atomic E-state index is -1.01. The average molecular weight is 289 g/mol. The lowest BCUT2D eigenvalue weighted by atomic mass is 10.1. The Morgan fingerprint density at radius 1 is 1.29 bits per heavy atom. The average Bonchev–Trinajstić information content (AvgIpc) is 2.48. The van der Waals surface area contributed by atoms with Crippen LogP contribution in [0.4, 0.5) is 0 Å². The monoisotopic (exact) mass is 289 g/mol. The number of pyridine rings is 1. The molecule has 5 nitrogen and oxygen atoms in total. The molecule has 1 aromatic heterocycles. The van der Waals surface area contributed by atoms with E-state index in [-0.39, 0.29) is 11.1 Å². The van der Waals surface area contributed by atoms with E-state index in [1.807, 2.05) is 0 Å². The molecule has 1 aromatic carbocycles. The fourth-order valence-corrected chi connectivity index (χ4v) is 2.43. The van der Waals surface area contributed by atoms with Crippen LogP contribution in [0.1, 0.15) is 36.5 Å². The summed E-state index contributed by atoms with van der Waals surface area (Å²) in [4.78, 5) is 23.3. The molecular formula is C16H19NO4. The SMILES string of the molecule is CCCCCn1c(=O)ccc2cc(C(=O)O)cc(OC)c21. The van der Waals surface area contributed by atoms with Crippen molar-refractivity contribution in [2.75, 3.05) is 7.11 Å². The number of rotatable bonds is 6. The van der Waals surface area contributed by atoms with E-state index in [0.29, 0.717) is 23.2 Å². The molecule has 0 bridgehead atoms. The topological polar surface area (TPSA) is 68.5 Å². The normalized spacial score (nSPS) is 10.8. The third kappa shape index (κ3) is 3.07. The number of carbonyl (C=O) groups is 1. The lowest BCUT2D eigenvalue weighted by molar-refractivity contribution is 0.0696. The number of benzene rings is 1. The second-order valence-corrected chi connectivity index (χ2v) is 4.95. The van der Waals surface area contributed by atoms with E-state index in [1.165, 1.54) is 19.2 Å². The number of methoxy groups -OCH3 is 1. The van der Waals surface area contributed by atoms with Gasteiger partial charge in [-0.1, -0.05) is 19.8 Å². The highest BCUT2D eigenvalue weighted by molar-refractivity contribution is 5.96. The van der Waals surface area contributed by atoms with Gasteiger partial charge in [-0.2, -0.15) is 0 Å². The molecule has 0 aliphatic carbocycles. The van der Waals surface area contributed by atoms with Crippen molar-refractivity contribution in [3.8, 4) is 5.75 Å². The highest BCUT2D eigenvalue weighted by atomic mass is 16.5. The molecule has 2 rings (SSSR count). The van der Waals surface area contributed by atoms with Crippen LogP contribution in [0.2, 0.25) is 0 Å². The number of carboxylic acid groups (broad SMARTS) is 1. The predicted molar refractivity (Wildman–Crippen MR) is 81.2 cm³/mol. The summed E-state index contributed by atoms with van der Waals surface area (Å²) in [6.07, 6.45) is 3.01. The summed E-state index contributed by atoms with van der Waals surface area (Å²) in [7, 11) is 1.48. The van der Waals surface area contributed by atoms with Gasteiger partial charge in [0.05, 0.1) is 18.2 Å². The molecule has 0 fully saturated rings. The summed E-state index contributed by atoms with van der Waals surface area (Å²) in [5, 5.41) is 9.83. The van der Waals surface area contributed by atoms with Gasteiger partial charge in [0.1, 0.15) is 5.75 Å². The fraction of sp³-hybridized carbons (Fsp3) is 0.375. The molecule has 21 heavy (non-hydrogen) atoms. The van der Waals surface area contributed by atoms with Gasteiger partial charge in [0.25, 0.3) is 5.56 Å². The molecule has 1 N–H and O–H groups in total. The second kappa shape index (κ2) is 6.43. The summed E-state index contributed by atoms with van der Waals surface area (Å²) >= 11 is 0. The molecule has 0 radical (unpaired) electrons. The predicted octanol–water partition coefficient (Wildman–Crippen LogP) is 2.90. The van der Waals surface area contributed by atoms with Crippen molar-refractivity contribution in [3.63, 3.8) is 0 Å². The molecule has 112 valence electrons. The van der Waals surface area contributed by atoms with Gasteiger partial charge < -0.3 is 14.4 Å². The number of aryl methyl sites for hydroxylation is 1. The Morgan fingerprint density at radius 2 is 2.05 bits per heavy atom. The van der Waals surface area contributed by atoms with Crippen LogP contribution >= 0.6 is 0 Å². The van der Waals surface area contributed by atoms with Crippen LogP contribution in [0.3, 0.4) is 0 Å². The Balaban J connectivity index is 2.64. The number of ether oxygens (including phenoxy) is 1. The van der Waals surface area contributed by atoms with Crippen molar-refractivity contribution in [2.24, 2.45) is 0 Å². The highest BCUT2D eigenvalue weighted by Gasteiger charge is 2.13. The Bertz CT molecular complexity index is 718. The Labute approximate surface area is 122 Å². The number of unbranched alkanes of at least 4 members (excludes halogenated alkanes) is 2. The van der Waals surface area contributed by atoms with Gasteiger partial charge in [0.15, 0.2) is 0 Å². The molecular weight excluding hydrogens is 270 g/mol. The number of carboxylic acids is 1. The van der Waals surface area contributed by atoms with Crippen LogP contribution in [0.25, 0.3) is 10.9 Å². The van der Waals surface area contributed by atoms with E-state index >= 15 is 0 Å². The molecule has 0 atom stereocenters. The van der Waals surface area contributed by atoms with E-state index < -0.39 is 5.97 Å². The minimum absolute atomic E-state index is 0.0972. The van der Waals surface area contributed by atoms with Gasteiger partial charge in [0, 0.05) is 18.0 Å². The summed E-state index contributed by atoms with van der Waals surface area (Å²) < 4.78 is 6.96. The van der Waals surface area contributed by atoms with Crippen LogP contribution < -0.4 is 10.3 Å². The van der Waals surface area contributed by atoms with Crippen molar-refractivity contribution < 1.29 is 14.6 Å². The van der Waals surface area contributed by atoms with Crippen molar-refractivity contribution in [2.45, 2.75) is 32.7 Å². The van der Waals surface area contributed by atoms with Crippen molar-refractivity contribution in [3.05, 3.63) is 40.2 Å². The zero-order chi connectivity index (χ0) is 15.4. The van der Waals surface area contributed by atoms with Crippen molar-refractivity contribution >= 4 is 16.9 Å². The van der Waals surface area contributed by atoms with Gasteiger partial charge in [-0.15, -0.1) is 0 Å². The molecule has 0 saturated heterocycles. The number of hydrogen-bond acceptors (Lipinski definition) is 3. The van der Waals surface area contributed by atoms with Crippen LogP contribution in [0.5, 0.6) is 5.75 Å². The van der Waals surface area contributed by atoms with Crippen molar-refractivity contribution in [1.29, 1.82) is 0 Å². The molecule has 0 saturated carbocycles. The third-order valence-corrected chi connectivity index (χ3v) is 3.50. The van der Waals surface area contributed by atoms with Crippen molar-refractivity contribution in [1.82, 2.24) is 4.57 Å². The first-order chi connectivity index (χ1) is 10.1. The molecule has 2 aromatic rings. The maximum absolute atomic E-state index is 12.1. The Morgan fingerprint density at radius 3 is 2.67 bits per heavy atom. The molecule has 1 heterocycles. The van der Waals surface area contributed by atoms with Gasteiger partial charge in [0.2, 0.25) is 0 Å². The Kier molecular flexibility index (Phi) is 4.62. The smallest absolute Gasteiger partial charge is 0.335 e.